The molecule has 0 aliphatic rings. The Bertz CT molecular complexity index is 887. The number of carboxylic acid groups (broad SMARTS) is 1. The van der Waals surface area contributed by atoms with Gasteiger partial charge in [0.1, 0.15) is 0 Å². The van der Waals surface area contributed by atoms with Crippen molar-refractivity contribution in [3.8, 4) is 0 Å². The van der Waals surface area contributed by atoms with E-state index >= 15 is 0 Å². The van der Waals surface area contributed by atoms with Crippen LogP contribution in [0.25, 0.3) is 23.1 Å². The van der Waals surface area contributed by atoms with Crippen LogP contribution in [0.3, 0.4) is 0 Å². The van der Waals surface area contributed by atoms with Gasteiger partial charge < -0.3 is 5.11 Å². The van der Waals surface area contributed by atoms with Crippen molar-refractivity contribution >= 4 is 40.6 Å². The van der Waals surface area contributed by atoms with E-state index in [4.69, 9.17) is 16.7 Å². The highest BCUT2D eigenvalue weighted by Crippen LogP contribution is 2.19. The molecule has 0 saturated heterocycles. The lowest BCUT2D eigenvalue weighted by atomic mass is 10.1. The van der Waals surface area contributed by atoms with Gasteiger partial charge in [-0.1, -0.05) is 41.9 Å². The van der Waals surface area contributed by atoms with Crippen LogP contribution in [-0.4, -0.2) is 16.1 Å². The van der Waals surface area contributed by atoms with Crippen molar-refractivity contribution in [3.05, 3.63) is 76.4 Å². The summed E-state index contributed by atoms with van der Waals surface area (Å²) in [6.45, 7) is 0. The molecule has 0 unspecified atom stereocenters. The second-order valence-electron chi connectivity index (χ2n) is 4.80. The van der Waals surface area contributed by atoms with Gasteiger partial charge in [-0.3, -0.25) is 0 Å². The molecular weight excluding hydrogens is 298 g/mol. The maximum Gasteiger partial charge on any atom is 0.335 e. The number of carbonyl (C=O) groups is 1. The Labute approximate surface area is 132 Å². The minimum Gasteiger partial charge on any atom is -0.478 e. The van der Waals surface area contributed by atoms with Crippen LogP contribution in [0.1, 0.15) is 21.6 Å². The normalized spacial score (nSPS) is 11.1. The van der Waals surface area contributed by atoms with E-state index in [-0.39, 0.29) is 5.56 Å². The van der Waals surface area contributed by atoms with Gasteiger partial charge in [-0.05, 0) is 42.0 Å². The van der Waals surface area contributed by atoms with Crippen LogP contribution in [0.4, 0.5) is 0 Å². The summed E-state index contributed by atoms with van der Waals surface area (Å²) >= 11 is 6.11. The van der Waals surface area contributed by atoms with Crippen molar-refractivity contribution in [2.24, 2.45) is 0 Å². The number of benzene rings is 2. The average molecular weight is 310 g/mol. The topological polar surface area (TPSA) is 50.2 Å². The van der Waals surface area contributed by atoms with E-state index in [0.717, 1.165) is 22.2 Å². The number of aromatic nitrogens is 1. The standard InChI is InChI=1S/C18H12ClNO2/c19-16-4-2-1-3-12(16)5-8-15-9-6-13-11-14(18(21)22)7-10-17(13)20-15/h1-11H,(H,21,22)/b8-5+. The number of pyridine rings is 1. The molecule has 0 amide bonds. The Morgan fingerprint density at radius 1 is 1.05 bits per heavy atom. The minimum absolute atomic E-state index is 0.258. The van der Waals surface area contributed by atoms with Gasteiger partial charge in [0, 0.05) is 10.4 Å². The van der Waals surface area contributed by atoms with E-state index in [2.05, 4.69) is 4.98 Å². The van der Waals surface area contributed by atoms with Gasteiger partial charge >= 0.3 is 5.97 Å². The van der Waals surface area contributed by atoms with E-state index in [1.54, 1.807) is 18.2 Å². The Morgan fingerprint density at radius 3 is 2.64 bits per heavy atom. The van der Waals surface area contributed by atoms with Crippen LogP contribution < -0.4 is 0 Å². The summed E-state index contributed by atoms with van der Waals surface area (Å²) < 4.78 is 0. The molecule has 4 heteroatoms. The van der Waals surface area contributed by atoms with Crippen LogP contribution in [0.15, 0.2) is 54.6 Å². The largest absolute Gasteiger partial charge is 0.478 e. The number of carboxylic acids is 1. The van der Waals surface area contributed by atoms with Crippen LogP contribution in [-0.2, 0) is 0 Å². The first-order valence-corrected chi connectivity index (χ1v) is 7.08. The highest BCUT2D eigenvalue weighted by Gasteiger charge is 2.04. The van der Waals surface area contributed by atoms with Crippen molar-refractivity contribution in [2.45, 2.75) is 0 Å². The molecule has 0 aliphatic heterocycles. The molecule has 3 nitrogen and oxygen atoms in total. The monoisotopic (exact) mass is 309 g/mol. The van der Waals surface area contributed by atoms with Crippen LogP contribution >= 0.6 is 11.6 Å². The molecule has 3 aromatic rings. The molecule has 0 aliphatic carbocycles. The minimum atomic E-state index is -0.940. The molecule has 1 aromatic heterocycles. The molecule has 0 bridgehead atoms. The van der Waals surface area contributed by atoms with E-state index in [1.165, 1.54) is 0 Å². The molecule has 0 spiro atoms. The zero-order valence-corrected chi connectivity index (χ0v) is 12.3. The van der Waals surface area contributed by atoms with Gasteiger partial charge in [0.2, 0.25) is 0 Å². The smallest absolute Gasteiger partial charge is 0.335 e. The predicted molar refractivity (Wildman–Crippen MR) is 89.1 cm³/mol. The molecule has 0 radical (unpaired) electrons. The van der Waals surface area contributed by atoms with Gasteiger partial charge in [0.15, 0.2) is 0 Å². The van der Waals surface area contributed by atoms with Gasteiger partial charge in [-0.15, -0.1) is 0 Å². The Balaban J connectivity index is 1.94. The lowest BCUT2D eigenvalue weighted by Gasteiger charge is -2.01. The quantitative estimate of drug-likeness (QED) is 0.759. The third-order valence-electron chi connectivity index (χ3n) is 3.30. The Kier molecular flexibility index (Phi) is 3.90. The summed E-state index contributed by atoms with van der Waals surface area (Å²) in [6, 6.07) is 16.2. The lowest BCUT2D eigenvalue weighted by molar-refractivity contribution is 0.0697. The maximum atomic E-state index is 11.0. The third-order valence-corrected chi connectivity index (χ3v) is 3.64. The zero-order chi connectivity index (χ0) is 15.5. The van der Waals surface area contributed by atoms with Gasteiger partial charge in [-0.25, -0.2) is 9.78 Å². The summed E-state index contributed by atoms with van der Waals surface area (Å²) in [6.07, 6.45) is 3.79. The number of rotatable bonds is 3. The molecule has 2 aromatic carbocycles. The second kappa shape index (κ2) is 6.00. The predicted octanol–water partition coefficient (Wildman–Crippen LogP) is 4.76. The molecule has 3 rings (SSSR count). The summed E-state index contributed by atoms with van der Waals surface area (Å²) in [4.78, 5) is 15.5. The Hall–Kier alpha value is -2.65. The molecule has 22 heavy (non-hydrogen) atoms. The number of halogens is 1. The molecular formula is C18H12ClNO2. The summed E-state index contributed by atoms with van der Waals surface area (Å²) in [7, 11) is 0. The molecule has 108 valence electrons. The van der Waals surface area contributed by atoms with Crippen LogP contribution in [0, 0.1) is 0 Å². The fourth-order valence-electron chi connectivity index (χ4n) is 2.15. The van der Waals surface area contributed by atoms with Gasteiger partial charge in [0.25, 0.3) is 0 Å². The van der Waals surface area contributed by atoms with Gasteiger partial charge in [-0.2, -0.15) is 0 Å². The molecule has 0 atom stereocenters. The summed E-state index contributed by atoms with van der Waals surface area (Å²) in [5, 5.41) is 10.5. The summed E-state index contributed by atoms with van der Waals surface area (Å²) in [5.41, 5.74) is 2.72. The van der Waals surface area contributed by atoms with E-state index in [1.807, 2.05) is 48.6 Å². The van der Waals surface area contributed by atoms with Crippen LogP contribution in [0.5, 0.6) is 0 Å². The van der Waals surface area contributed by atoms with Gasteiger partial charge in [0.05, 0.1) is 16.8 Å². The molecule has 1 N–H and O–H groups in total. The van der Waals surface area contributed by atoms with E-state index in [0.29, 0.717) is 5.02 Å². The average Bonchev–Trinajstić information content (AvgIpc) is 2.53. The van der Waals surface area contributed by atoms with Crippen LogP contribution in [0.2, 0.25) is 5.02 Å². The first kappa shape index (κ1) is 14.3. The number of hydrogen-bond donors (Lipinski definition) is 1. The molecule has 0 saturated carbocycles. The number of nitrogens with zero attached hydrogens (tertiary/aromatic N) is 1. The highest BCUT2D eigenvalue weighted by atomic mass is 35.5. The van der Waals surface area contributed by atoms with Crippen molar-refractivity contribution in [1.29, 1.82) is 0 Å². The fourth-order valence-corrected chi connectivity index (χ4v) is 2.35. The van der Waals surface area contributed by atoms with Crippen molar-refractivity contribution in [3.63, 3.8) is 0 Å². The molecule has 0 fully saturated rings. The number of aromatic carboxylic acids is 1. The Morgan fingerprint density at radius 2 is 1.86 bits per heavy atom. The summed E-state index contributed by atoms with van der Waals surface area (Å²) in [5.74, 6) is -0.940. The first-order valence-electron chi connectivity index (χ1n) is 6.70. The third kappa shape index (κ3) is 3.00. The van der Waals surface area contributed by atoms with Crippen molar-refractivity contribution in [1.82, 2.24) is 4.98 Å². The second-order valence-corrected chi connectivity index (χ2v) is 5.21. The fraction of sp³-hybridized carbons (Fsp3) is 0. The van der Waals surface area contributed by atoms with Crippen molar-refractivity contribution < 1.29 is 9.90 Å². The first-order chi connectivity index (χ1) is 10.6. The number of hydrogen-bond acceptors (Lipinski definition) is 2. The van der Waals surface area contributed by atoms with E-state index in [9.17, 15) is 4.79 Å². The SMILES string of the molecule is O=C(O)c1ccc2nc(/C=C/c3ccccc3Cl)ccc2c1. The highest BCUT2D eigenvalue weighted by molar-refractivity contribution is 6.32. The van der Waals surface area contributed by atoms with Crippen molar-refractivity contribution in [2.75, 3.05) is 0 Å². The zero-order valence-electron chi connectivity index (χ0n) is 11.5. The number of fused-ring (bicyclic) bond motifs is 1. The van der Waals surface area contributed by atoms with E-state index < -0.39 is 5.97 Å². The lowest BCUT2D eigenvalue weighted by Crippen LogP contribution is -1.95. The maximum absolute atomic E-state index is 11.0. The molecule has 1 heterocycles.